The number of benzene rings is 2. The summed E-state index contributed by atoms with van der Waals surface area (Å²) >= 11 is 0. The number of aliphatic hydroxyl groups excluding tert-OH is 1. The Kier molecular flexibility index (Phi) is 6.42. The Morgan fingerprint density at radius 2 is 1.84 bits per heavy atom. The highest BCUT2D eigenvalue weighted by atomic mass is 19.1. The van der Waals surface area contributed by atoms with Gasteiger partial charge in [-0.3, -0.25) is 9.78 Å². The van der Waals surface area contributed by atoms with Gasteiger partial charge in [-0.1, -0.05) is 49.4 Å². The van der Waals surface area contributed by atoms with E-state index in [2.05, 4.69) is 13.0 Å². The number of hydrogen-bond acceptors (Lipinski definition) is 4. The minimum absolute atomic E-state index is 0.0604. The summed E-state index contributed by atoms with van der Waals surface area (Å²) < 4.78 is 19.0. The lowest BCUT2D eigenvalue weighted by Crippen LogP contribution is -2.32. The zero-order chi connectivity index (χ0) is 21.8. The zero-order valence-electron chi connectivity index (χ0n) is 17.6. The molecule has 4 nitrogen and oxygen atoms in total. The molecule has 1 aromatic heterocycles. The van der Waals surface area contributed by atoms with Gasteiger partial charge in [0.05, 0.1) is 18.2 Å². The van der Waals surface area contributed by atoms with Crippen molar-refractivity contribution >= 4 is 5.97 Å². The van der Waals surface area contributed by atoms with Crippen molar-refractivity contribution in [3.63, 3.8) is 0 Å². The second-order valence-corrected chi connectivity index (χ2v) is 7.95. The molecule has 0 bridgehead atoms. The average Bonchev–Trinajstić information content (AvgIpc) is 2.77. The lowest BCUT2D eigenvalue weighted by molar-refractivity contribution is -0.160. The third-order valence-corrected chi connectivity index (χ3v) is 5.72. The first-order chi connectivity index (χ1) is 15.0. The predicted molar refractivity (Wildman–Crippen MR) is 118 cm³/mol. The van der Waals surface area contributed by atoms with E-state index in [4.69, 9.17) is 9.72 Å². The van der Waals surface area contributed by atoms with E-state index in [1.807, 2.05) is 30.3 Å². The SMILES string of the molecule is CCc1nc(-c2ccccc2)cc(-c2ccc(F)cc2)c1CC[C@H]1C[C@@H](O)CC(=O)O1. The van der Waals surface area contributed by atoms with Crippen LogP contribution in [0.5, 0.6) is 0 Å². The summed E-state index contributed by atoms with van der Waals surface area (Å²) in [6.07, 6.45) is 1.57. The molecule has 2 aromatic carbocycles. The molecule has 1 N–H and O–H groups in total. The van der Waals surface area contributed by atoms with Crippen molar-refractivity contribution in [2.75, 3.05) is 0 Å². The smallest absolute Gasteiger partial charge is 0.308 e. The summed E-state index contributed by atoms with van der Waals surface area (Å²) in [5, 5.41) is 9.92. The van der Waals surface area contributed by atoms with Gasteiger partial charge in [0.15, 0.2) is 0 Å². The number of cyclic esters (lactones) is 1. The maximum Gasteiger partial charge on any atom is 0.308 e. The number of nitrogens with zero attached hydrogens (tertiary/aromatic N) is 1. The molecule has 2 atom stereocenters. The molecule has 1 saturated heterocycles. The van der Waals surface area contributed by atoms with Crippen LogP contribution in [0.15, 0.2) is 60.7 Å². The molecule has 2 heterocycles. The van der Waals surface area contributed by atoms with E-state index in [1.165, 1.54) is 12.1 Å². The topological polar surface area (TPSA) is 59.4 Å². The monoisotopic (exact) mass is 419 g/mol. The number of esters is 1. The number of hydrogen-bond donors (Lipinski definition) is 1. The number of halogens is 1. The van der Waals surface area contributed by atoms with E-state index in [1.54, 1.807) is 12.1 Å². The van der Waals surface area contributed by atoms with Crippen molar-refractivity contribution in [2.45, 2.75) is 51.2 Å². The van der Waals surface area contributed by atoms with Gasteiger partial charge in [-0.15, -0.1) is 0 Å². The number of carbonyl (C=O) groups excluding carboxylic acids is 1. The van der Waals surface area contributed by atoms with Gasteiger partial charge in [-0.05, 0) is 54.2 Å². The van der Waals surface area contributed by atoms with Gasteiger partial charge >= 0.3 is 5.97 Å². The molecular formula is C26H26FNO3. The molecule has 0 amide bonds. The number of aliphatic hydroxyl groups is 1. The maximum absolute atomic E-state index is 13.6. The van der Waals surface area contributed by atoms with Crippen LogP contribution in [0.4, 0.5) is 4.39 Å². The molecule has 0 saturated carbocycles. The van der Waals surface area contributed by atoms with Crippen LogP contribution in [-0.2, 0) is 22.4 Å². The Labute approximate surface area is 181 Å². The highest BCUT2D eigenvalue weighted by Gasteiger charge is 2.27. The van der Waals surface area contributed by atoms with Gasteiger partial charge in [0.1, 0.15) is 11.9 Å². The number of pyridine rings is 1. The van der Waals surface area contributed by atoms with Crippen LogP contribution in [0.1, 0.15) is 37.4 Å². The van der Waals surface area contributed by atoms with E-state index >= 15 is 0 Å². The van der Waals surface area contributed by atoms with Crippen LogP contribution in [0, 0.1) is 5.82 Å². The molecule has 0 unspecified atom stereocenters. The number of carbonyl (C=O) groups is 1. The van der Waals surface area contributed by atoms with Crippen LogP contribution in [0.3, 0.4) is 0 Å². The third-order valence-electron chi connectivity index (χ3n) is 5.72. The van der Waals surface area contributed by atoms with Crippen molar-refractivity contribution in [2.24, 2.45) is 0 Å². The Balaban J connectivity index is 1.73. The largest absolute Gasteiger partial charge is 0.462 e. The minimum atomic E-state index is -0.646. The highest BCUT2D eigenvalue weighted by molar-refractivity contribution is 5.74. The summed E-state index contributed by atoms with van der Waals surface area (Å²) in [6, 6.07) is 18.5. The fraction of sp³-hybridized carbons (Fsp3) is 0.308. The standard InChI is InChI=1S/C26H26FNO3/c1-2-24-22(13-12-21-14-20(29)15-26(30)31-21)23(17-8-10-19(27)11-9-17)16-25(28-24)18-6-4-3-5-7-18/h3-11,16,20-21,29H,2,12-15H2,1H3/t20-,21+/m1/s1. The van der Waals surface area contributed by atoms with Gasteiger partial charge < -0.3 is 9.84 Å². The first kappa shape index (κ1) is 21.2. The van der Waals surface area contributed by atoms with E-state index in [0.717, 1.165) is 40.1 Å². The van der Waals surface area contributed by atoms with Crippen LogP contribution >= 0.6 is 0 Å². The van der Waals surface area contributed by atoms with Crippen molar-refractivity contribution < 1.29 is 19.0 Å². The average molecular weight is 419 g/mol. The van der Waals surface area contributed by atoms with Gasteiger partial charge in [0.25, 0.3) is 0 Å². The van der Waals surface area contributed by atoms with E-state index in [9.17, 15) is 14.3 Å². The molecule has 0 radical (unpaired) electrons. The van der Waals surface area contributed by atoms with E-state index in [-0.39, 0.29) is 24.3 Å². The molecule has 3 aromatic rings. The van der Waals surface area contributed by atoms with Gasteiger partial charge in [0.2, 0.25) is 0 Å². The molecular weight excluding hydrogens is 393 g/mol. The summed E-state index contributed by atoms with van der Waals surface area (Å²) in [5.74, 6) is -0.628. The number of ether oxygens (including phenoxy) is 1. The summed E-state index contributed by atoms with van der Waals surface area (Å²) in [6.45, 7) is 2.07. The van der Waals surface area contributed by atoms with Crippen LogP contribution in [0.25, 0.3) is 22.4 Å². The number of aryl methyl sites for hydroxylation is 1. The lowest BCUT2D eigenvalue weighted by Gasteiger charge is -2.26. The Morgan fingerprint density at radius 1 is 1.10 bits per heavy atom. The Bertz CT molecular complexity index is 1050. The lowest BCUT2D eigenvalue weighted by atomic mass is 9.91. The normalized spacial score (nSPS) is 18.6. The minimum Gasteiger partial charge on any atom is -0.462 e. The van der Waals surface area contributed by atoms with E-state index < -0.39 is 6.10 Å². The van der Waals surface area contributed by atoms with Gasteiger partial charge in [0, 0.05) is 17.7 Å². The molecule has 0 aliphatic carbocycles. The van der Waals surface area contributed by atoms with Crippen molar-refractivity contribution in [1.29, 1.82) is 0 Å². The van der Waals surface area contributed by atoms with Crippen LogP contribution < -0.4 is 0 Å². The van der Waals surface area contributed by atoms with Crippen molar-refractivity contribution in [1.82, 2.24) is 4.98 Å². The van der Waals surface area contributed by atoms with Crippen LogP contribution in [0.2, 0.25) is 0 Å². The van der Waals surface area contributed by atoms with Crippen molar-refractivity contribution in [3.8, 4) is 22.4 Å². The first-order valence-electron chi connectivity index (χ1n) is 10.7. The number of aromatic nitrogens is 1. The molecule has 1 aliphatic heterocycles. The Hall–Kier alpha value is -3.05. The second kappa shape index (κ2) is 9.40. The second-order valence-electron chi connectivity index (χ2n) is 7.95. The highest BCUT2D eigenvalue weighted by Crippen LogP contribution is 2.33. The Morgan fingerprint density at radius 3 is 2.52 bits per heavy atom. The van der Waals surface area contributed by atoms with Crippen molar-refractivity contribution in [3.05, 3.63) is 77.7 Å². The molecule has 5 heteroatoms. The fourth-order valence-electron chi connectivity index (χ4n) is 4.18. The quantitative estimate of drug-likeness (QED) is 0.564. The molecule has 1 fully saturated rings. The predicted octanol–water partition coefficient (Wildman–Crippen LogP) is 5.12. The number of rotatable bonds is 6. The summed E-state index contributed by atoms with van der Waals surface area (Å²) in [4.78, 5) is 16.6. The van der Waals surface area contributed by atoms with Gasteiger partial charge in [-0.2, -0.15) is 0 Å². The van der Waals surface area contributed by atoms with Crippen LogP contribution in [-0.4, -0.2) is 28.3 Å². The maximum atomic E-state index is 13.6. The third kappa shape index (κ3) is 5.00. The molecule has 31 heavy (non-hydrogen) atoms. The van der Waals surface area contributed by atoms with E-state index in [0.29, 0.717) is 19.3 Å². The summed E-state index contributed by atoms with van der Waals surface area (Å²) in [5.41, 5.74) is 5.88. The molecule has 1 aliphatic rings. The molecule has 160 valence electrons. The first-order valence-corrected chi connectivity index (χ1v) is 10.7. The molecule has 4 rings (SSSR count). The zero-order valence-corrected chi connectivity index (χ0v) is 17.6. The fourth-order valence-corrected chi connectivity index (χ4v) is 4.18. The van der Waals surface area contributed by atoms with Gasteiger partial charge in [-0.25, -0.2) is 4.39 Å². The molecule has 0 spiro atoms. The summed E-state index contributed by atoms with van der Waals surface area (Å²) in [7, 11) is 0.